The summed E-state index contributed by atoms with van der Waals surface area (Å²) >= 11 is 0. The predicted molar refractivity (Wildman–Crippen MR) is 114 cm³/mol. The maximum Gasteiger partial charge on any atom is 0.346 e. The molecule has 1 amide bonds. The van der Waals surface area contributed by atoms with Gasteiger partial charge in [-0.1, -0.05) is 0 Å². The Morgan fingerprint density at radius 2 is 1.67 bits per heavy atom. The van der Waals surface area contributed by atoms with Crippen LogP contribution in [0.15, 0.2) is 30.3 Å². The van der Waals surface area contributed by atoms with Crippen molar-refractivity contribution in [1.29, 1.82) is 0 Å². The molecule has 176 valence electrons. The van der Waals surface area contributed by atoms with E-state index >= 15 is 0 Å². The molecular formula is C20H21N3O10. The number of esters is 1. The molecule has 0 aliphatic rings. The van der Waals surface area contributed by atoms with E-state index < -0.39 is 44.8 Å². The molecular weight excluding hydrogens is 442 g/mol. The Bertz CT molecular complexity index is 1090. The summed E-state index contributed by atoms with van der Waals surface area (Å²) < 4.78 is 20.4. The highest BCUT2D eigenvalue weighted by molar-refractivity contribution is 6.00. The normalized spacial score (nSPS) is 11.2. The van der Waals surface area contributed by atoms with Crippen LogP contribution in [0.2, 0.25) is 0 Å². The Kier molecular flexibility index (Phi) is 8.09. The fraction of sp³-hybridized carbons (Fsp3) is 0.300. The summed E-state index contributed by atoms with van der Waals surface area (Å²) in [6.45, 7) is 3.08. The first-order chi connectivity index (χ1) is 15.6. The number of nitrogens with zero attached hydrogens (tertiary/aromatic N) is 2. The van der Waals surface area contributed by atoms with Crippen molar-refractivity contribution in [3.63, 3.8) is 0 Å². The van der Waals surface area contributed by atoms with Crippen molar-refractivity contribution < 1.29 is 38.4 Å². The first kappa shape index (κ1) is 24.8. The molecule has 0 saturated heterocycles. The van der Waals surface area contributed by atoms with Crippen molar-refractivity contribution in [3.8, 4) is 17.2 Å². The smallest absolute Gasteiger partial charge is 0.346 e. The molecule has 13 heteroatoms. The van der Waals surface area contributed by atoms with E-state index in [0.717, 1.165) is 18.2 Å². The molecule has 0 aliphatic heterocycles. The number of nitro benzene ring substituents is 2. The Labute approximate surface area is 187 Å². The molecule has 1 atom stereocenters. The van der Waals surface area contributed by atoms with E-state index in [1.54, 1.807) is 6.92 Å². The van der Waals surface area contributed by atoms with Crippen LogP contribution in [0.1, 0.15) is 24.2 Å². The minimum absolute atomic E-state index is 0.0395. The van der Waals surface area contributed by atoms with E-state index in [1.165, 1.54) is 33.3 Å². The summed E-state index contributed by atoms with van der Waals surface area (Å²) in [5.41, 5.74) is -1.66. The lowest BCUT2D eigenvalue weighted by molar-refractivity contribution is -0.385. The molecule has 1 unspecified atom stereocenters. The highest BCUT2D eigenvalue weighted by Gasteiger charge is 2.29. The molecule has 0 heterocycles. The number of ether oxygens (including phenoxy) is 4. The zero-order valence-corrected chi connectivity index (χ0v) is 18.1. The van der Waals surface area contributed by atoms with Gasteiger partial charge in [-0.3, -0.25) is 25.0 Å². The lowest BCUT2D eigenvalue weighted by Gasteiger charge is -2.15. The fourth-order valence-electron chi connectivity index (χ4n) is 2.70. The van der Waals surface area contributed by atoms with Crippen LogP contribution < -0.4 is 19.5 Å². The summed E-state index contributed by atoms with van der Waals surface area (Å²) in [7, 11) is 2.61. The fourth-order valence-corrected chi connectivity index (χ4v) is 2.70. The van der Waals surface area contributed by atoms with Crippen molar-refractivity contribution in [3.05, 3.63) is 56.1 Å². The molecule has 2 aromatic rings. The number of amides is 1. The molecule has 0 bridgehead atoms. The summed E-state index contributed by atoms with van der Waals surface area (Å²) in [5.74, 6) is -1.74. The molecule has 0 aromatic heterocycles. The Balaban J connectivity index is 2.27. The van der Waals surface area contributed by atoms with Gasteiger partial charge in [-0.2, -0.15) is 0 Å². The van der Waals surface area contributed by atoms with Gasteiger partial charge in [0, 0.05) is 6.07 Å². The van der Waals surface area contributed by atoms with Gasteiger partial charge in [0.15, 0.2) is 17.6 Å². The monoisotopic (exact) mass is 463 g/mol. The minimum Gasteiger partial charge on any atom is -0.496 e. The van der Waals surface area contributed by atoms with E-state index in [4.69, 9.17) is 18.9 Å². The molecule has 0 spiro atoms. The topological polar surface area (TPSA) is 169 Å². The van der Waals surface area contributed by atoms with E-state index in [9.17, 15) is 29.8 Å². The summed E-state index contributed by atoms with van der Waals surface area (Å²) in [6.07, 6.45) is -1.45. The predicted octanol–water partition coefficient (Wildman–Crippen LogP) is 3.10. The van der Waals surface area contributed by atoms with E-state index in [1.807, 2.05) is 0 Å². The number of benzene rings is 2. The van der Waals surface area contributed by atoms with Crippen molar-refractivity contribution in [2.45, 2.75) is 20.0 Å². The second kappa shape index (κ2) is 10.7. The Morgan fingerprint density at radius 1 is 1.00 bits per heavy atom. The van der Waals surface area contributed by atoms with Crippen LogP contribution in [0, 0.1) is 20.2 Å². The third-order valence-corrected chi connectivity index (χ3v) is 4.31. The minimum atomic E-state index is -1.45. The first-order valence-corrected chi connectivity index (χ1v) is 9.46. The van der Waals surface area contributed by atoms with Crippen LogP contribution in [-0.2, 0) is 9.53 Å². The largest absolute Gasteiger partial charge is 0.496 e. The maximum absolute atomic E-state index is 12.6. The molecule has 2 aromatic carbocycles. The quantitative estimate of drug-likeness (QED) is 0.314. The Morgan fingerprint density at radius 3 is 2.21 bits per heavy atom. The second-order valence-corrected chi connectivity index (χ2v) is 6.39. The molecule has 0 radical (unpaired) electrons. The third kappa shape index (κ3) is 5.84. The SMILES string of the molecule is CCOc1cc(C(=O)OC(C)C(=O)Nc2ccc(OC)cc2[N+](=O)[O-])c([N+](=O)[O-])cc1OC. The zero-order chi connectivity index (χ0) is 24.7. The van der Waals surface area contributed by atoms with Crippen molar-refractivity contribution in [2.75, 3.05) is 26.1 Å². The number of carbonyl (C=O) groups is 2. The van der Waals surface area contributed by atoms with Gasteiger partial charge >= 0.3 is 5.97 Å². The lowest BCUT2D eigenvalue weighted by atomic mass is 10.1. The van der Waals surface area contributed by atoms with Gasteiger partial charge in [0.25, 0.3) is 17.3 Å². The van der Waals surface area contributed by atoms with Crippen LogP contribution in [-0.4, -0.2) is 48.7 Å². The van der Waals surface area contributed by atoms with Crippen molar-refractivity contribution >= 4 is 28.9 Å². The number of rotatable bonds is 10. The molecule has 0 saturated carbocycles. The average Bonchev–Trinajstić information content (AvgIpc) is 2.78. The van der Waals surface area contributed by atoms with Crippen LogP contribution in [0.4, 0.5) is 17.1 Å². The number of carbonyl (C=O) groups excluding carboxylic acids is 2. The van der Waals surface area contributed by atoms with Gasteiger partial charge in [0.2, 0.25) is 0 Å². The van der Waals surface area contributed by atoms with E-state index in [2.05, 4.69) is 5.32 Å². The molecule has 1 N–H and O–H groups in total. The number of hydrogen-bond acceptors (Lipinski definition) is 10. The second-order valence-electron chi connectivity index (χ2n) is 6.39. The maximum atomic E-state index is 12.6. The summed E-state index contributed by atoms with van der Waals surface area (Å²) in [4.78, 5) is 46.3. The number of nitrogens with one attached hydrogen (secondary N) is 1. The zero-order valence-electron chi connectivity index (χ0n) is 18.1. The van der Waals surface area contributed by atoms with Gasteiger partial charge in [0.05, 0.1) is 42.8 Å². The van der Waals surface area contributed by atoms with E-state index in [0.29, 0.717) is 0 Å². The summed E-state index contributed by atoms with van der Waals surface area (Å²) in [6, 6.07) is 5.86. The summed E-state index contributed by atoms with van der Waals surface area (Å²) in [5, 5.41) is 25.0. The van der Waals surface area contributed by atoms with Gasteiger partial charge in [0.1, 0.15) is 17.0 Å². The van der Waals surface area contributed by atoms with Crippen molar-refractivity contribution in [2.24, 2.45) is 0 Å². The lowest BCUT2D eigenvalue weighted by Crippen LogP contribution is -2.30. The number of hydrogen-bond donors (Lipinski definition) is 1. The third-order valence-electron chi connectivity index (χ3n) is 4.31. The average molecular weight is 463 g/mol. The van der Waals surface area contributed by atoms with Gasteiger partial charge < -0.3 is 24.3 Å². The number of anilines is 1. The molecule has 13 nitrogen and oxygen atoms in total. The first-order valence-electron chi connectivity index (χ1n) is 9.46. The standard InChI is InChI=1S/C20H21N3O10/c1-5-32-18-9-13(15(22(26)27)10-17(18)31-4)20(25)33-11(2)19(24)21-14-7-6-12(30-3)8-16(14)23(28)29/h6-11H,5H2,1-4H3,(H,21,24). The highest BCUT2D eigenvalue weighted by Crippen LogP contribution is 2.35. The molecule has 0 fully saturated rings. The van der Waals surface area contributed by atoms with Gasteiger partial charge in [-0.05, 0) is 26.0 Å². The number of nitro groups is 2. The Hall–Kier alpha value is -4.42. The van der Waals surface area contributed by atoms with Crippen LogP contribution in [0.3, 0.4) is 0 Å². The molecule has 2 rings (SSSR count). The van der Waals surface area contributed by atoms with Crippen molar-refractivity contribution in [1.82, 2.24) is 0 Å². The molecule has 33 heavy (non-hydrogen) atoms. The van der Waals surface area contributed by atoms with Gasteiger partial charge in [-0.25, -0.2) is 4.79 Å². The van der Waals surface area contributed by atoms with Crippen LogP contribution in [0.5, 0.6) is 17.2 Å². The van der Waals surface area contributed by atoms with E-state index in [-0.39, 0.29) is 29.5 Å². The van der Waals surface area contributed by atoms with Crippen LogP contribution >= 0.6 is 0 Å². The van der Waals surface area contributed by atoms with Crippen LogP contribution in [0.25, 0.3) is 0 Å². The number of methoxy groups -OCH3 is 2. The highest BCUT2D eigenvalue weighted by atomic mass is 16.6. The molecule has 0 aliphatic carbocycles. The van der Waals surface area contributed by atoms with Gasteiger partial charge in [-0.15, -0.1) is 0 Å².